The summed E-state index contributed by atoms with van der Waals surface area (Å²) in [5, 5.41) is 26.0. The molecule has 2 aromatic carbocycles. The lowest BCUT2D eigenvalue weighted by Crippen LogP contribution is -2.29. The maximum atomic E-state index is 12.6. The number of hydrogen-bond acceptors (Lipinski definition) is 6. The summed E-state index contributed by atoms with van der Waals surface area (Å²) in [4.78, 5) is 28.1. The van der Waals surface area contributed by atoms with E-state index in [1.54, 1.807) is 50.4 Å². The van der Waals surface area contributed by atoms with Crippen molar-refractivity contribution in [3.63, 3.8) is 0 Å². The number of amides is 1. The molecule has 0 fully saturated rings. The van der Waals surface area contributed by atoms with Crippen LogP contribution in [-0.2, 0) is 4.79 Å². The quantitative estimate of drug-likeness (QED) is 0.405. The van der Waals surface area contributed by atoms with Crippen molar-refractivity contribution in [3.8, 4) is 11.5 Å². The molecular formula is C23H25N3O5. The maximum absolute atomic E-state index is 12.6. The molecule has 0 aliphatic heterocycles. The molecule has 8 heteroatoms. The SMILES string of the molecule is CCCCC(=O)NC(c1ccc(OC)cc1)c1cc([N+](=O)[O-])c2ccc(C)nc2c1O. The van der Waals surface area contributed by atoms with Gasteiger partial charge in [-0.15, -0.1) is 0 Å². The number of nitro benzene ring substituents is 1. The number of nitrogens with one attached hydrogen (secondary N) is 1. The third-order valence-corrected chi connectivity index (χ3v) is 5.12. The van der Waals surface area contributed by atoms with E-state index in [0.717, 1.165) is 6.42 Å². The zero-order chi connectivity index (χ0) is 22.5. The third-order valence-electron chi connectivity index (χ3n) is 5.12. The van der Waals surface area contributed by atoms with Crippen molar-refractivity contribution in [2.45, 2.75) is 39.2 Å². The van der Waals surface area contributed by atoms with Crippen molar-refractivity contribution in [2.24, 2.45) is 0 Å². The Morgan fingerprint density at radius 2 is 1.97 bits per heavy atom. The first-order valence-electron chi connectivity index (χ1n) is 10.1. The molecule has 0 aliphatic rings. The summed E-state index contributed by atoms with van der Waals surface area (Å²) in [6.45, 7) is 3.73. The summed E-state index contributed by atoms with van der Waals surface area (Å²) >= 11 is 0. The number of carbonyl (C=O) groups is 1. The summed E-state index contributed by atoms with van der Waals surface area (Å²) in [6.07, 6.45) is 1.89. The Morgan fingerprint density at radius 3 is 2.58 bits per heavy atom. The first-order chi connectivity index (χ1) is 14.8. The van der Waals surface area contributed by atoms with Crippen molar-refractivity contribution in [1.82, 2.24) is 10.3 Å². The number of pyridine rings is 1. The fourth-order valence-electron chi connectivity index (χ4n) is 3.45. The fourth-order valence-corrected chi connectivity index (χ4v) is 3.45. The molecule has 0 aliphatic carbocycles. The first-order valence-corrected chi connectivity index (χ1v) is 10.1. The van der Waals surface area contributed by atoms with Gasteiger partial charge in [0.15, 0.2) is 0 Å². The highest BCUT2D eigenvalue weighted by molar-refractivity contribution is 5.94. The van der Waals surface area contributed by atoms with Crippen LogP contribution >= 0.6 is 0 Å². The van der Waals surface area contributed by atoms with Gasteiger partial charge in [0.2, 0.25) is 5.91 Å². The van der Waals surface area contributed by atoms with Crippen LogP contribution in [0.1, 0.15) is 49.0 Å². The third kappa shape index (κ3) is 4.74. The van der Waals surface area contributed by atoms with Gasteiger partial charge < -0.3 is 15.2 Å². The molecule has 1 heterocycles. The number of methoxy groups -OCH3 is 1. The number of carbonyl (C=O) groups excluding carboxylic acids is 1. The van der Waals surface area contributed by atoms with Crippen molar-refractivity contribution >= 4 is 22.5 Å². The number of fused-ring (bicyclic) bond motifs is 1. The number of nitro groups is 1. The number of phenols is 1. The normalized spacial score (nSPS) is 11.8. The van der Waals surface area contributed by atoms with Gasteiger partial charge >= 0.3 is 0 Å². The average Bonchev–Trinajstić information content (AvgIpc) is 2.77. The Labute approximate surface area is 180 Å². The van der Waals surface area contributed by atoms with Gasteiger partial charge in [-0.1, -0.05) is 25.5 Å². The molecule has 0 spiro atoms. The highest BCUT2D eigenvalue weighted by atomic mass is 16.6. The highest BCUT2D eigenvalue weighted by Gasteiger charge is 2.27. The Balaban J connectivity index is 2.20. The molecule has 8 nitrogen and oxygen atoms in total. The van der Waals surface area contributed by atoms with Crippen LogP contribution in [0.3, 0.4) is 0 Å². The van der Waals surface area contributed by atoms with Crippen molar-refractivity contribution in [2.75, 3.05) is 7.11 Å². The minimum Gasteiger partial charge on any atom is -0.505 e. The number of hydrogen-bond donors (Lipinski definition) is 2. The van der Waals surface area contributed by atoms with Crippen molar-refractivity contribution in [1.29, 1.82) is 0 Å². The zero-order valence-electron chi connectivity index (χ0n) is 17.7. The number of phenolic OH excluding ortho intramolecular Hbond substituents is 1. The second-order valence-electron chi connectivity index (χ2n) is 7.32. The Bertz CT molecular complexity index is 1110. The monoisotopic (exact) mass is 423 g/mol. The first kappa shape index (κ1) is 22.0. The second-order valence-corrected chi connectivity index (χ2v) is 7.32. The lowest BCUT2D eigenvalue weighted by atomic mass is 9.95. The fraction of sp³-hybridized carbons (Fsp3) is 0.304. The van der Waals surface area contributed by atoms with E-state index in [2.05, 4.69) is 10.3 Å². The van der Waals surface area contributed by atoms with Crippen molar-refractivity contribution < 1.29 is 19.6 Å². The molecule has 162 valence electrons. The number of aromatic hydroxyl groups is 1. The number of benzene rings is 2. The van der Waals surface area contributed by atoms with Crippen LogP contribution in [0.15, 0.2) is 42.5 Å². The van der Waals surface area contributed by atoms with Crippen LogP contribution in [0.2, 0.25) is 0 Å². The van der Waals surface area contributed by atoms with Crippen LogP contribution in [-0.4, -0.2) is 28.0 Å². The van der Waals surface area contributed by atoms with E-state index in [9.17, 15) is 20.0 Å². The van der Waals surface area contributed by atoms with E-state index in [0.29, 0.717) is 29.8 Å². The smallest absolute Gasteiger partial charge is 0.279 e. The van der Waals surface area contributed by atoms with E-state index in [-0.39, 0.29) is 33.8 Å². The van der Waals surface area contributed by atoms with E-state index < -0.39 is 11.0 Å². The molecule has 1 aromatic heterocycles. The molecule has 31 heavy (non-hydrogen) atoms. The molecule has 1 unspecified atom stereocenters. The lowest BCUT2D eigenvalue weighted by molar-refractivity contribution is -0.383. The average molecular weight is 423 g/mol. The Hall–Kier alpha value is -3.68. The molecule has 1 amide bonds. The predicted molar refractivity (Wildman–Crippen MR) is 117 cm³/mol. The lowest BCUT2D eigenvalue weighted by Gasteiger charge is -2.22. The largest absolute Gasteiger partial charge is 0.505 e. The number of nitrogens with zero attached hydrogens (tertiary/aromatic N) is 2. The summed E-state index contributed by atoms with van der Waals surface area (Å²) in [5.41, 5.74) is 1.43. The predicted octanol–water partition coefficient (Wildman–Crippen LogP) is 4.56. The number of aryl methyl sites for hydroxylation is 1. The van der Waals surface area contributed by atoms with Crippen LogP contribution in [0.5, 0.6) is 11.5 Å². The molecule has 1 atom stereocenters. The highest BCUT2D eigenvalue weighted by Crippen LogP contribution is 2.40. The summed E-state index contributed by atoms with van der Waals surface area (Å²) < 4.78 is 5.20. The van der Waals surface area contributed by atoms with E-state index in [1.807, 2.05) is 6.92 Å². The Kier molecular flexibility index (Phi) is 6.69. The minimum atomic E-state index is -0.791. The maximum Gasteiger partial charge on any atom is 0.279 e. The van der Waals surface area contributed by atoms with Crippen LogP contribution in [0.25, 0.3) is 10.9 Å². The van der Waals surface area contributed by atoms with Crippen LogP contribution < -0.4 is 10.1 Å². The number of non-ortho nitro benzene ring substituents is 1. The van der Waals surface area contributed by atoms with E-state index >= 15 is 0 Å². The van der Waals surface area contributed by atoms with Crippen LogP contribution in [0.4, 0.5) is 5.69 Å². The molecule has 2 N–H and O–H groups in total. The summed E-state index contributed by atoms with van der Waals surface area (Å²) in [5.74, 6) is 0.230. The van der Waals surface area contributed by atoms with E-state index in [4.69, 9.17) is 4.74 Å². The molecule has 3 aromatic rings. The molecule has 0 bridgehead atoms. The van der Waals surface area contributed by atoms with E-state index in [1.165, 1.54) is 6.07 Å². The van der Waals surface area contributed by atoms with Gasteiger partial charge in [-0.05, 0) is 43.2 Å². The molecular weight excluding hydrogens is 398 g/mol. The van der Waals surface area contributed by atoms with Gasteiger partial charge in [-0.3, -0.25) is 14.9 Å². The summed E-state index contributed by atoms with van der Waals surface area (Å²) in [6, 6.07) is 10.7. The zero-order valence-corrected chi connectivity index (χ0v) is 17.7. The van der Waals surface area contributed by atoms with Gasteiger partial charge in [-0.25, -0.2) is 4.98 Å². The van der Waals surface area contributed by atoms with Gasteiger partial charge in [-0.2, -0.15) is 0 Å². The van der Waals surface area contributed by atoms with Gasteiger partial charge in [0.1, 0.15) is 17.0 Å². The van der Waals surface area contributed by atoms with Crippen molar-refractivity contribution in [3.05, 3.63) is 69.4 Å². The topological polar surface area (TPSA) is 115 Å². The molecule has 3 rings (SSSR count). The minimum absolute atomic E-state index is 0.130. The van der Waals surface area contributed by atoms with Gasteiger partial charge in [0, 0.05) is 23.7 Å². The molecule has 0 saturated heterocycles. The molecule has 0 saturated carbocycles. The standard InChI is InChI=1S/C23H25N3O5/c1-4-5-6-20(27)25-21(15-8-10-16(31-3)11-9-15)18-13-19(26(29)30)17-12-7-14(2)24-22(17)23(18)28/h7-13,21,28H,4-6H2,1-3H3,(H,25,27). The van der Waals surface area contributed by atoms with Gasteiger partial charge in [0.25, 0.3) is 5.69 Å². The number of rotatable bonds is 8. The summed E-state index contributed by atoms with van der Waals surface area (Å²) in [7, 11) is 1.55. The number of aromatic nitrogens is 1. The second kappa shape index (κ2) is 9.42. The van der Waals surface area contributed by atoms with Gasteiger partial charge in [0.05, 0.1) is 23.5 Å². The molecule has 0 radical (unpaired) electrons. The van der Waals surface area contributed by atoms with Crippen LogP contribution in [0, 0.1) is 17.0 Å². The Morgan fingerprint density at radius 1 is 1.26 bits per heavy atom. The number of unbranched alkanes of at least 4 members (excludes halogenated alkanes) is 1. The number of ether oxygens (including phenoxy) is 1.